The zero-order valence-corrected chi connectivity index (χ0v) is 12.8. The Bertz CT molecular complexity index is 652. The number of carbonyl (C=O) groups excluding carboxylic acids is 1. The van der Waals surface area contributed by atoms with Gasteiger partial charge in [0, 0.05) is 24.5 Å². The highest BCUT2D eigenvalue weighted by Crippen LogP contribution is 2.19. The number of hydrogen-bond donors (Lipinski definition) is 0. The number of amides is 1. The monoisotopic (exact) mass is 334 g/mol. The molecule has 1 amide bonds. The van der Waals surface area contributed by atoms with Gasteiger partial charge in [-0.2, -0.15) is 0 Å². The van der Waals surface area contributed by atoms with Crippen molar-refractivity contribution in [1.82, 2.24) is 19.7 Å². The molecule has 0 N–H and O–H groups in total. The van der Waals surface area contributed by atoms with Gasteiger partial charge in [-0.1, -0.05) is 12.1 Å². The number of aromatic nitrogens is 3. The van der Waals surface area contributed by atoms with Crippen LogP contribution < -0.4 is 0 Å². The van der Waals surface area contributed by atoms with Gasteiger partial charge in [-0.3, -0.25) is 4.79 Å². The molecule has 104 valence electrons. The Morgan fingerprint density at radius 3 is 3.00 bits per heavy atom. The van der Waals surface area contributed by atoms with Gasteiger partial charge in [0.15, 0.2) is 5.82 Å². The second kappa shape index (κ2) is 5.36. The molecule has 2 heterocycles. The maximum Gasteiger partial charge on any atom is 0.255 e. The normalized spacial score (nSPS) is 13.3. The fourth-order valence-corrected chi connectivity index (χ4v) is 2.91. The Balaban J connectivity index is 1.78. The maximum atomic E-state index is 12.4. The average molecular weight is 335 g/mol. The van der Waals surface area contributed by atoms with E-state index >= 15 is 0 Å². The highest BCUT2D eigenvalue weighted by atomic mass is 79.9. The fraction of sp³-hybridized carbons (Fsp3) is 0.357. The van der Waals surface area contributed by atoms with E-state index in [0.29, 0.717) is 12.1 Å². The summed E-state index contributed by atoms with van der Waals surface area (Å²) in [5, 5.41) is 8.35. The van der Waals surface area contributed by atoms with Crippen LogP contribution in [0.4, 0.5) is 0 Å². The number of fused-ring (bicyclic) bond motifs is 1. The van der Waals surface area contributed by atoms with E-state index in [1.54, 1.807) is 11.9 Å². The van der Waals surface area contributed by atoms with Gasteiger partial charge >= 0.3 is 0 Å². The van der Waals surface area contributed by atoms with Crippen LogP contribution in [-0.4, -0.2) is 32.6 Å². The molecule has 1 aromatic carbocycles. The maximum absolute atomic E-state index is 12.4. The molecule has 6 heteroatoms. The van der Waals surface area contributed by atoms with Gasteiger partial charge in [0.1, 0.15) is 5.82 Å². The minimum absolute atomic E-state index is 0.0205. The summed E-state index contributed by atoms with van der Waals surface area (Å²) in [6.07, 6.45) is 2.09. The van der Waals surface area contributed by atoms with Crippen LogP contribution in [0.15, 0.2) is 28.7 Å². The molecule has 0 spiro atoms. The van der Waals surface area contributed by atoms with Gasteiger partial charge in [-0.15, -0.1) is 10.2 Å². The van der Waals surface area contributed by atoms with Crippen molar-refractivity contribution in [1.29, 1.82) is 0 Å². The highest BCUT2D eigenvalue weighted by Gasteiger charge is 2.21. The van der Waals surface area contributed by atoms with Gasteiger partial charge in [-0.05, 0) is 34.5 Å². The number of aryl methyl sites for hydroxylation is 1. The molecule has 0 atom stereocenters. The molecule has 2 aromatic rings. The first-order valence-corrected chi connectivity index (χ1v) is 7.37. The standard InChI is InChI=1S/C14H15BrN4O/c1-18(14(20)10-5-2-3-6-11(10)15)9-13-17-16-12-7-4-8-19(12)13/h2-3,5-6H,4,7-9H2,1H3. The van der Waals surface area contributed by atoms with Gasteiger partial charge in [-0.25, -0.2) is 0 Å². The van der Waals surface area contributed by atoms with Gasteiger partial charge in [0.25, 0.3) is 5.91 Å². The molecule has 0 radical (unpaired) electrons. The number of hydrogen-bond acceptors (Lipinski definition) is 3. The number of halogens is 1. The molecule has 0 unspecified atom stereocenters. The Morgan fingerprint density at radius 1 is 1.40 bits per heavy atom. The Kier molecular flexibility index (Phi) is 3.56. The molecule has 1 aromatic heterocycles. The van der Waals surface area contributed by atoms with Crippen molar-refractivity contribution in [2.75, 3.05) is 7.05 Å². The van der Waals surface area contributed by atoms with E-state index in [4.69, 9.17) is 0 Å². The smallest absolute Gasteiger partial charge is 0.255 e. The van der Waals surface area contributed by atoms with Gasteiger partial charge in [0.05, 0.1) is 12.1 Å². The first-order chi connectivity index (χ1) is 9.66. The lowest BCUT2D eigenvalue weighted by Crippen LogP contribution is -2.28. The summed E-state index contributed by atoms with van der Waals surface area (Å²) >= 11 is 3.41. The fourth-order valence-electron chi connectivity index (χ4n) is 2.45. The van der Waals surface area contributed by atoms with Crippen molar-refractivity contribution in [2.45, 2.75) is 25.9 Å². The quantitative estimate of drug-likeness (QED) is 0.865. The number of carbonyl (C=O) groups is 1. The summed E-state index contributed by atoms with van der Waals surface area (Å²) < 4.78 is 2.92. The summed E-state index contributed by atoms with van der Waals surface area (Å²) in [5.41, 5.74) is 0.663. The molecule has 0 fully saturated rings. The highest BCUT2D eigenvalue weighted by molar-refractivity contribution is 9.10. The van der Waals surface area contributed by atoms with Crippen LogP contribution in [0.25, 0.3) is 0 Å². The van der Waals surface area contributed by atoms with Crippen LogP contribution >= 0.6 is 15.9 Å². The molecule has 1 aliphatic rings. The SMILES string of the molecule is CN(Cc1nnc2n1CCC2)C(=O)c1ccccc1Br. The lowest BCUT2D eigenvalue weighted by molar-refractivity contribution is 0.0779. The topological polar surface area (TPSA) is 51.0 Å². The minimum atomic E-state index is -0.0205. The van der Waals surface area contributed by atoms with Crippen molar-refractivity contribution < 1.29 is 4.79 Å². The minimum Gasteiger partial charge on any atom is -0.334 e. The molecular formula is C14H15BrN4O. The lowest BCUT2D eigenvalue weighted by Gasteiger charge is -2.17. The van der Waals surface area contributed by atoms with Crippen LogP contribution in [0.1, 0.15) is 28.4 Å². The van der Waals surface area contributed by atoms with Crippen molar-refractivity contribution in [3.05, 3.63) is 46.0 Å². The summed E-state index contributed by atoms with van der Waals surface area (Å²) in [5.74, 6) is 1.87. The van der Waals surface area contributed by atoms with E-state index in [2.05, 4.69) is 30.7 Å². The molecule has 20 heavy (non-hydrogen) atoms. The zero-order valence-electron chi connectivity index (χ0n) is 11.2. The van der Waals surface area contributed by atoms with Crippen LogP contribution in [0, 0.1) is 0 Å². The van der Waals surface area contributed by atoms with Crippen molar-refractivity contribution in [2.24, 2.45) is 0 Å². The third kappa shape index (κ3) is 2.35. The lowest BCUT2D eigenvalue weighted by atomic mass is 10.2. The summed E-state index contributed by atoms with van der Waals surface area (Å²) in [6.45, 7) is 1.43. The average Bonchev–Trinajstić information content (AvgIpc) is 3.03. The van der Waals surface area contributed by atoms with E-state index in [1.165, 1.54) is 0 Å². The van der Waals surface area contributed by atoms with Crippen LogP contribution in [0.5, 0.6) is 0 Å². The van der Waals surface area contributed by atoms with E-state index in [1.807, 2.05) is 24.3 Å². The Morgan fingerprint density at radius 2 is 2.20 bits per heavy atom. The predicted octanol–water partition coefficient (Wildman–Crippen LogP) is 2.26. The third-order valence-electron chi connectivity index (χ3n) is 3.52. The number of nitrogens with zero attached hydrogens (tertiary/aromatic N) is 4. The molecule has 0 aliphatic carbocycles. The first kappa shape index (κ1) is 13.3. The van der Waals surface area contributed by atoms with Crippen molar-refractivity contribution in [3.63, 3.8) is 0 Å². The third-order valence-corrected chi connectivity index (χ3v) is 4.21. The van der Waals surface area contributed by atoms with Crippen molar-refractivity contribution >= 4 is 21.8 Å². The van der Waals surface area contributed by atoms with E-state index in [9.17, 15) is 4.79 Å². The second-order valence-corrected chi connectivity index (χ2v) is 5.78. The second-order valence-electron chi connectivity index (χ2n) is 4.93. The van der Waals surface area contributed by atoms with Gasteiger partial charge < -0.3 is 9.47 Å². The predicted molar refractivity (Wildman–Crippen MR) is 78.3 cm³/mol. The molecule has 5 nitrogen and oxygen atoms in total. The van der Waals surface area contributed by atoms with E-state index < -0.39 is 0 Å². The summed E-state index contributed by atoms with van der Waals surface area (Å²) in [6, 6.07) is 7.44. The number of rotatable bonds is 3. The zero-order chi connectivity index (χ0) is 14.1. The van der Waals surface area contributed by atoms with E-state index in [0.717, 1.165) is 35.5 Å². The summed E-state index contributed by atoms with van der Waals surface area (Å²) in [4.78, 5) is 14.1. The molecule has 1 aliphatic heterocycles. The summed E-state index contributed by atoms with van der Waals surface area (Å²) in [7, 11) is 1.79. The number of benzene rings is 1. The molecule has 3 rings (SSSR count). The largest absolute Gasteiger partial charge is 0.334 e. The van der Waals surface area contributed by atoms with Crippen molar-refractivity contribution in [3.8, 4) is 0 Å². The van der Waals surface area contributed by atoms with Crippen LogP contribution in [0.3, 0.4) is 0 Å². The van der Waals surface area contributed by atoms with Crippen LogP contribution in [-0.2, 0) is 19.5 Å². The first-order valence-electron chi connectivity index (χ1n) is 6.58. The Labute approximate surface area is 125 Å². The molecule has 0 saturated heterocycles. The van der Waals surface area contributed by atoms with E-state index in [-0.39, 0.29) is 5.91 Å². The van der Waals surface area contributed by atoms with Crippen LogP contribution in [0.2, 0.25) is 0 Å². The molecule has 0 saturated carbocycles. The van der Waals surface area contributed by atoms with Gasteiger partial charge in [0.2, 0.25) is 0 Å². The molecule has 0 bridgehead atoms. The Hall–Kier alpha value is -1.69. The molecular weight excluding hydrogens is 320 g/mol.